The van der Waals surface area contributed by atoms with Crippen molar-refractivity contribution in [3.8, 4) is 0 Å². The third-order valence-electron chi connectivity index (χ3n) is 6.17. The van der Waals surface area contributed by atoms with Gasteiger partial charge in [-0.15, -0.1) is 0 Å². The fourth-order valence-corrected chi connectivity index (χ4v) is 4.54. The molecule has 2 saturated carbocycles. The van der Waals surface area contributed by atoms with Gasteiger partial charge in [0.1, 0.15) is 0 Å². The van der Waals surface area contributed by atoms with E-state index in [-0.39, 0.29) is 29.1 Å². The average molecular weight is 319 g/mol. The lowest BCUT2D eigenvalue weighted by atomic mass is 9.79. The van der Waals surface area contributed by atoms with Gasteiger partial charge in [-0.25, -0.2) is 4.98 Å². The third-order valence-corrected chi connectivity index (χ3v) is 6.17. The van der Waals surface area contributed by atoms with Gasteiger partial charge in [-0.2, -0.15) is 0 Å². The quantitative estimate of drug-likeness (QED) is 0.905. The number of ether oxygens (including phenoxy) is 1. The molecule has 3 aliphatic rings. The Morgan fingerprint density at radius 3 is 2.87 bits per heavy atom. The molecule has 6 nitrogen and oxygen atoms in total. The Hall–Kier alpha value is -1.40. The molecule has 0 aromatic carbocycles. The van der Waals surface area contributed by atoms with E-state index in [1.54, 1.807) is 19.6 Å². The van der Waals surface area contributed by atoms with Gasteiger partial charge in [0.15, 0.2) is 0 Å². The summed E-state index contributed by atoms with van der Waals surface area (Å²) in [4.78, 5) is 19.3. The zero-order valence-corrected chi connectivity index (χ0v) is 13.6. The van der Waals surface area contributed by atoms with Gasteiger partial charge in [0, 0.05) is 32.6 Å². The number of likely N-dealkylation sites (tertiary alicyclic amines) is 1. The molecule has 1 aliphatic heterocycles. The lowest BCUT2D eigenvalue weighted by Gasteiger charge is -2.43. The molecule has 0 unspecified atom stereocenters. The molecule has 126 valence electrons. The first-order valence-corrected chi connectivity index (χ1v) is 8.59. The van der Waals surface area contributed by atoms with Crippen molar-refractivity contribution in [3.05, 3.63) is 18.7 Å². The number of imidazole rings is 1. The predicted molar refractivity (Wildman–Crippen MR) is 83.6 cm³/mol. The van der Waals surface area contributed by atoms with Crippen molar-refractivity contribution in [3.63, 3.8) is 0 Å². The molecule has 1 amide bonds. The number of hydrogen-bond acceptors (Lipinski definition) is 4. The third kappa shape index (κ3) is 2.39. The fourth-order valence-electron chi connectivity index (χ4n) is 4.54. The number of fused-ring (bicyclic) bond motifs is 1. The zero-order chi connectivity index (χ0) is 16.1. The first-order valence-electron chi connectivity index (χ1n) is 8.59. The predicted octanol–water partition coefficient (Wildman–Crippen LogP) is 1.19. The minimum Gasteiger partial charge on any atom is -0.393 e. The Morgan fingerprint density at radius 2 is 2.22 bits per heavy atom. The van der Waals surface area contributed by atoms with Gasteiger partial charge in [0.05, 0.1) is 29.5 Å². The molecule has 1 N–H and O–H groups in total. The molecule has 0 spiro atoms. The minimum atomic E-state index is -0.319. The molecule has 1 aromatic rings. The van der Waals surface area contributed by atoms with Gasteiger partial charge < -0.3 is 19.3 Å². The van der Waals surface area contributed by atoms with Crippen molar-refractivity contribution < 1.29 is 14.6 Å². The monoisotopic (exact) mass is 319 g/mol. The molecule has 1 aromatic heterocycles. The summed E-state index contributed by atoms with van der Waals surface area (Å²) in [6.45, 7) is 1.45. The van der Waals surface area contributed by atoms with Crippen LogP contribution in [-0.2, 0) is 16.1 Å². The van der Waals surface area contributed by atoms with Crippen molar-refractivity contribution >= 4 is 5.91 Å². The van der Waals surface area contributed by atoms with Crippen LogP contribution in [0.2, 0.25) is 0 Å². The lowest BCUT2D eigenvalue weighted by Crippen LogP contribution is -2.54. The van der Waals surface area contributed by atoms with Gasteiger partial charge in [-0.1, -0.05) is 0 Å². The first-order chi connectivity index (χ1) is 11.1. The number of rotatable bonds is 4. The smallest absolute Gasteiger partial charge is 0.230 e. The summed E-state index contributed by atoms with van der Waals surface area (Å²) in [6, 6.07) is 0.0176. The molecule has 23 heavy (non-hydrogen) atoms. The van der Waals surface area contributed by atoms with Crippen LogP contribution in [0.4, 0.5) is 0 Å². The highest BCUT2D eigenvalue weighted by atomic mass is 16.5. The van der Waals surface area contributed by atoms with Crippen LogP contribution in [0.15, 0.2) is 18.7 Å². The van der Waals surface area contributed by atoms with Crippen LogP contribution in [0, 0.1) is 5.41 Å². The van der Waals surface area contributed by atoms with Crippen molar-refractivity contribution in [2.24, 2.45) is 5.41 Å². The molecule has 0 bridgehead atoms. The number of hydrogen-bond donors (Lipinski definition) is 1. The Balaban J connectivity index is 1.54. The maximum absolute atomic E-state index is 13.2. The second kappa shape index (κ2) is 5.31. The molecule has 2 aliphatic carbocycles. The van der Waals surface area contributed by atoms with E-state index in [1.807, 2.05) is 15.7 Å². The van der Waals surface area contributed by atoms with Gasteiger partial charge in [-0.05, 0) is 38.5 Å². The summed E-state index contributed by atoms with van der Waals surface area (Å²) in [5.41, 5.74) is -0.521. The summed E-state index contributed by atoms with van der Waals surface area (Å²) < 4.78 is 7.85. The van der Waals surface area contributed by atoms with Crippen molar-refractivity contribution in [1.82, 2.24) is 14.5 Å². The zero-order valence-electron chi connectivity index (χ0n) is 13.6. The number of aromatic nitrogens is 2. The number of methoxy groups -OCH3 is 1. The second-order valence-electron chi connectivity index (χ2n) is 7.48. The number of aliphatic hydroxyl groups excluding tert-OH is 1. The van der Waals surface area contributed by atoms with E-state index in [9.17, 15) is 9.90 Å². The molecule has 6 heteroatoms. The summed E-state index contributed by atoms with van der Waals surface area (Å²) in [5, 5.41) is 10.1. The summed E-state index contributed by atoms with van der Waals surface area (Å²) in [5.74, 6) is 0.240. The highest BCUT2D eigenvalue weighted by molar-refractivity contribution is 5.86. The highest BCUT2D eigenvalue weighted by Crippen LogP contribution is 2.52. The van der Waals surface area contributed by atoms with E-state index in [2.05, 4.69) is 4.98 Å². The van der Waals surface area contributed by atoms with E-state index < -0.39 is 0 Å². The van der Waals surface area contributed by atoms with Crippen LogP contribution in [0.5, 0.6) is 0 Å². The van der Waals surface area contributed by atoms with Crippen molar-refractivity contribution in [2.45, 2.75) is 62.8 Å². The van der Waals surface area contributed by atoms with Gasteiger partial charge >= 0.3 is 0 Å². The lowest BCUT2D eigenvalue weighted by molar-refractivity contribution is -0.146. The Morgan fingerprint density at radius 1 is 1.39 bits per heavy atom. The standard InChI is InChI=1S/C17H25N3O3/c1-23-17-3-2-13(21)10-14(17)20(8-6-17)15(22)16(4-5-16)11-19-9-7-18-12-19/h7,9,12-14,21H,2-6,8,10-11H2,1H3/t13-,14-,17+/m0/s1. The van der Waals surface area contributed by atoms with Crippen LogP contribution in [-0.4, -0.2) is 56.9 Å². The molecule has 3 fully saturated rings. The van der Waals surface area contributed by atoms with Crippen LogP contribution in [0.3, 0.4) is 0 Å². The summed E-state index contributed by atoms with van der Waals surface area (Å²) >= 11 is 0. The van der Waals surface area contributed by atoms with Crippen molar-refractivity contribution in [2.75, 3.05) is 13.7 Å². The molecule has 0 radical (unpaired) electrons. The molecule has 3 atom stereocenters. The highest BCUT2D eigenvalue weighted by Gasteiger charge is 2.58. The van der Waals surface area contributed by atoms with Crippen molar-refractivity contribution in [1.29, 1.82) is 0 Å². The van der Waals surface area contributed by atoms with Crippen LogP contribution >= 0.6 is 0 Å². The minimum absolute atomic E-state index is 0.0176. The Kier molecular flexibility index (Phi) is 3.50. The Bertz CT molecular complexity index is 584. The fraction of sp³-hybridized carbons (Fsp3) is 0.765. The first kappa shape index (κ1) is 15.1. The number of aliphatic hydroxyl groups is 1. The number of amides is 1. The van der Waals surface area contributed by atoms with Gasteiger partial charge in [-0.3, -0.25) is 4.79 Å². The number of nitrogens with zero attached hydrogens (tertiary/aromatic N) is 3. The van der Waals surface area contributed by atoms with E-state index in [0.29, 0.717) is 13.0 Å². The van der Waals surface area contributed by atoms with E-state index in [1.165, 1.54) is 0 Å². The summed E-state index contributed by atoms with van der Waals surface area (Å²) in [6.07, 6.45) is 10.1. The summed E-state index contributed by atoms with van der Waals surface area (Å²) in [7, 11) is 1.75. The van der Waals surface area contributed by atoms with Crippen LogP contribution in [0.25, 0.3) is 0 Å². The number of carbonyl (C=O) groups excluding carboxylic acids is 1. The van der Waals surface area contributed by atoms with Gasteiger partial charge in [0.2, 0.25) is 5.91 Å². The molecule has 2 heterocycles. The normalized spacial score (nSPS) is 35.1. The maximum Gasteiger partial charge on any atom is 0.230 e. The maximum atomic E-state index is 13.2. The molecule has 1 saturated heterocycles. The molecule has 4 rings (SSSR count). The van der Waals surface area contributed by atoms with Crippen LogP contribution in [0.1, 0.15) is 38.5 Å². The Labute approximate surface area is 136 Å². The molecular weight excluding hydrogens is 294 g/mol. The van der Waals surface area contributed by atoms with E-state index in [0.717, 1.165) is 38.6 Å². The topological polar surface area (TPSA) is 67.6 Å². The number of carbonyl (C=O) groups is 1. The van der Waals surface area contributed by atoms with E-state index in [4.69, 9.17) is 4.74 Å². The average Bonchev–Trinajstić information content (AvgIpc) is 2.99. The SMILES string of the molecule is CO[C@@]12CC[C@H](O)C[C@@H]1N(C(=O)C1(Cn3ccnc3)CC1)CC2. The molecular formula is C17H25N3O3. The van der Waals surface area contributed by atoms with Gasteiger partial charge in [0.25, 0.3) is 0 Å². The largest absolute Gasteiger partial charge is 0.393 e. The second-order valence-corrected chi connectivity index (χ2v) is 7.48. The van der Waals surface area contributed by atoms with Crippen LogP contribution < -0.4 is 0 Å². The van der Waals surface area contributed by atoms with E-state index >= 15 is 0 Å².